The Kier molecular flexibility index (Phi) is 4.97. The van der Waals surface area contributed by atoms with E-state index in [-0.39, 0.29) is 25.1 Å². The average Bonchev–Trinajstić information content (AvgIpc) is 3.28. The third kappa shape index (κ3) is 4.30. The molecule has 0 aromatic carbocycles. The number of morpholine rings is 1. The van der Waals surface area contributed by atoms with Crippen LogP contribution in [0.25, 0.3) is 0 Å². The minimum absolute atomic E-state index is 0.105. The number of carboxylic acids is 1. The zero-order valence-corrected chi connectivity index (χ0v) is 11.4. The number of nitrogens with one attached hydrogen (secondary N) is 2. The van der Waals surface area contributed by atoms with Gasteiger partial charge in [-0.3, -0.25) is 4.79 Å². The number of amides is 3. The van der Waals surface area contributed by atoms with Crippen LogP contribution in [0.4, 0.5) is 4.79 Å². The molecular formula is C12H19N3O6. The molecule has 2 fully saturated rings. The van der Waals surface area contributed by atoms with E-state index >= 15 is 0 Å². The summed E-state index contributed by atoms with van der Waals surface area (Å²) in [5, 5.41) is 22.8. The smallest absolute Gasteiger partial charge is 0.334 e. The number of hydrogen-bond acceptors (Lipinski definition) is 5. The lowest BCUT2D eigenvalue weighted by molar-refractivity contribution is -0.146. The molecule has 0 spiro atoms. The standard InChI is InChI=1S/C12H19N3O6/c16-9(11(18)19)5-13-12(20)15-3-4-21-6-8(15)10(17)14-7-1-2-7/h7-9,16H,1-6H2,(H,13,20)(H,14,17)(H,18,19)/t8?,9-/m0/s1. The average molecular weight is 301 g/mol. The van der Waals surface area contributed by atoms with Crippen molar-refractivity contribution in [1.29, 1.82) is 0 Å². The zero-order valence-electron chi connectivity index (χ0n) is 11.4. The van der Waals surface area contributed by atoms with E-state index in [2.05, 4.69) is 10.6 Å². The van der Waals surface area contributed by atoms with Gasteiger partial charge in [-0.15, -0.1) is 0 Å². The van der Waals surface area contributed by atoms with Gasteiger partial charge in [0.2, 0.25) is 5.91 Å². The predicted molar refractivity (Wildman–Crippen MR) is 69.5 cm³/mol. The van der Waals surface area contributed by atoms with E-state index < -0.39 is 30.7 Å². The summed E-state index contributed by atoms with van der Waals surface area (Å²) in [6.45, 7) is 0.232. The highest BCUT2D eigenvalue weighted by Crippen LogP contribution is 2.19. The number of aliphatic carboxylic acids is 1. The van der Waals surface area contributed by atoms with Gasteiger partial charge in [0.05, 0.1) is 19.8 Å². The zero-order chi connectivity index (χ0) is 15.4. The van der Waals surface area contributed by atoms with Crippen LogP contribution in [-0.2, 0) is 14.3 Å². The minimum atomic E-state index is -1.67. The van der Waals surface area contributed by atoms with E-state index in [1.807, 2.05) is 0 Å². The monoisotopic (exact) mass is 301 g/mol. The van der Waals surface area contributed by atoms with Gasteiger partial charge in [0, 0.05) is 12.6 Å². The molecule has 0 aromatic rings. The van der Waals surface area contributed by atoms with Crippen molar-refractivity contribution in [3.05, 3.63) is 0 Å². The number of urea groups is 1. The molecule has 4 N–H and O–H groups in total. The van der Waals surface area contributed by atoms with E-state index in [1.165, 1.54) is 4.90 Å². The number of aliphatic hydroxyl groups excluding tert-OH is 1. The van der Waals surface area contributed by atoms with Crippen LogP contribution < -0.4 is 10.6 Å². The van der Waals surface area contributed by atoms with Gasteiger partial charge in [-0.2, -0.15) is 0 Å². The molecule has 1 saturated heterocycles. The molecule has 1 unspecified atom stereocenters. The molecular weight excluding hydrogens is 282 g/mol. The maximum absolute atomic E-state index is 12.1. The van der Waals surface area contributed by atoms with Crippen LogP contribution in [0.5, 0.6) is 0 Å². The predicted octanol–water partition coefficient (Wildman–Crippen LogP) is -1.88. The summed E-state index contributed by atoms with van der Waals surface area (Å²) in [5.74, 6) is -1.69. The quantitative estimate of drug-likeness (QED) is 0.470. The fraction of sp³-hybridized carbons (Fsp3) is 0.750. The molecule has 118 valence electrons. The molecule has 1 aliphatic carbocycles. The Hall–Kier alpha value is -1.87. The lowest BCUT2D eigenvalue weighted by Gasteiger charge is -2.34. The molecule has 0 bridgehead atoms. The van der Waals surface area contributed by atoms with Crippen LogP contribution in [0.15, 0.2) is 0 Å². The first-order chi connectivity index (χ1) is 9.99. The number of aliphatic hydroxyl groups is 1. The van der Waals surface area contributed by atoms with Crippen LogP contribution in [0.3, 0.4) is 0 Å². The largest absolute Gasteiger partial charge is 0.479 e. The highest BCUT2D eigenvalue weighted by atomic mass is 16.5. The Balaban J connectivity index is 1.88. The second kappa shape index (κ2) is 6.72. The van der Waals surface area contributed by atoms with Crippen molar-refractivity contribution in [2.24, 2.45) is 0 Å². The molecule has 1 aliphatic heterocycles. The highest BCUT2D eigenvalue weighted by molar-refractivity contribution is 5.88. The Bertz CT molecular complexity index is 425. The third-order valence-electron chi connectivity index (χ3n) is 3.35. The van der Waals surface area contributed by atoms with Crippen molar-refractivity contribution >= 4 is 17.9 Å². The summed E-state index contributed by atoms with van der Waals surface area (Å²) in [6, 6.07) is -1.14. The summed E-state index contributed by atoms with van der Waals surface area (Å²) in [6.07, 6.45) is 0.209. The topological polar surface area (TPSA) is 128 Å². The lowest BCUT2D eigenvalue weighted by Crippen LogP contribution is -2.59. The molecule has 2 aliphatic rings. The van der Waals surface area contributed by atoms with Crippen LogP contribution in [0.1, 0.15) is 12.8 Å². The van der Waals surface area contributed by atoms with Gasteiger partial charge in [0.1, 0.15) is 6.04 Å². The molecule has 0 radical (unpaired) electrons. The Morgan fingerprint density at radius 3 is 2.67 bits per heavy atom. The fourth-order valence-corrected chi connectivity index (χ4v) is 1.96. The molecule has 3 amide bonds. The number of carboxylic acid groups (broad SMARTS) is 1. The van der Waals surface area contributed by atoms with Gasteiger partial charge >= 0.3 is 12.0 Å². The molecule has 2 atom stereocenters. The maximum atomic E-state index is 12.1. The second-order valence-electron chi connectivity index (χ2n) is 5.11. The Labute approximate surface area is 121 Å². The van der Waals surface area contributed by atoms with Crippen molar-refractivity contribution in [3.63, 3.8) is 0 Å². The van der Waals surface area contributed by atoms with Crippen LogP contribution >= 0.6 is 0 Å². The molecule has 21 heavy (non-hydrogen) atoms. The second-order valence-corrected chi connectivity index (χ2v) is 5.11. The van der Waals surface area contributed by atoms with Crippen LogP contribution in [0.2, 0.25) is 0 Å². The van der Waals surface area contributed by atoms with E-state index in [9.17, 15) is 14.4 Å². The molecule has 0 aromatic heterocycles. The summed E-state index contributed by atoms with van der Waals surface area (Å²) < 4.78 is 5.22. The Morgan fingerprint density at radius 1 is 1.33 bits per heavy atom. The molecule has 9 nitrogen and oxygen atoms in total. The van der Waals surface area contributed by atoms with Crippen molar-refractivity contribution in [2.75, 3.05) is 26.3 Å². The summed E-state index contributed by atoms with van der Waals surface area (Å²) >= 11 is 0. The van der Waals surface area contributed by atoms with E-state index in [4.69, 9.17) is 14.9 Å². The molecule has 9 heteroatoms. The van der Waals surface area contributed by atoms with E-state index in [1.54, 1.807) is 0 Å². The molecule has 1 heterocycles. The van der Waals surface area contributed by atoms with Crippen LogP contribution in [0, 0.1) is 0 Å². The van der Waals surface area contributed by atoms with Gasteiger partial charge in [-0.05, 0) is 12.8 Å². The van der Waals surface area contributed by atoms with Gasteiger partial charge in [0.15, 0.2) is 6.10 Å². The van der Waals surface area contributed by atoms with Crippen molar-refractivity contribution in [3.8, 4) is 0 Å². The Morgan fingerprint density at radius 2 is 2.05 bits per heavy atom. The summed E-state index contributed by atoms with van der Waals surface area (Å²) in [5.41, 5.74) is 0. The van der Waals surface area contributed by atoms with Crippen molar-refractivity contribution in [1.82, 2.24) is 15.5 Å². The number of carbonyl (C=O) groups is 3. The van der Waals surface area contributed by atoms with E-state index in [0.717, 1.165) is 12.8 Å². The number of hydrogen-bond donors (Lipinski definition) is 4. The molecule has 1 saturated carbocycles. The maximum Gasteiger partial charge on any atom is 0.334 e. The SMILES string of the molecule is O=C(NC1CC1)C1COCCN1C(=O)NC[C@H](O)C(=O)O. The number of rotatable bonds is 5. The third-order valence-corrected chi connectivity index (χ3v) is 3.35. The summed E-state index contributed by atoms with van der Waals surface area (Å²) in [7, 11) is 0. The van der Waals surface area contributed by atoms with Gasteiger partial charge < -0.3 is 30.5 Å². The van der Waals surface area contributed by atoms with Crippen molar-refractivity contribution < 1.29 is 29.3 Å². The van der Waals surface area contributed by atoms with Gasteiger partial charge in [-0.1, -0.05) is 0 Å². The number of nitrogens with zero attached hydrogens (tertiary/aromatic N) is 1. The number of carbonyl (C=O) groups excluding carboxylic acids is 2. The lowest BCUT2D eigenvalue weighted by atomic mass is 10.2. The summed E-state index contributed by atoms with van der Waals surface area (Å²) in [4.78, 5) is 35.9. The first-order valence-corrected chi connectivity index (χ1v) is 6.82. The normalized spacial score (nSPS) is 23.3. The van der Waals surface area contributed by atoms with E-state index in [0.29, 0.717) is 6.61 Å². The highest BCUT2D eigenvalue weighted by Gasteiger charge is 2.35. The number of ether oxygens (including phenoxy) is 1. The van der Waals surface area contributed by atoms with Gasteiger partial charge in [-0.25, -0.2) is 9.59 Å². The van der Waals surface area contributed by atoms with Crippen molar-refractivity contribution in [2.45, 2.75) is 31.0 Å². The fourth-order valence-electron chi connectivity index (χ4n) is 1.96. The minimum Gasteiger partial charge on any atom is -0.479 e. The van der Waals surface area contributed by atoms with Gasteiger partial charge in [0.25, 0.3) is 0 Å². The van der Waals surface area contributed by atoms with Crippen LogP contribution in [-0.4, -0.2) is 77.5 Å². The first-order valence-electron chi connectivity index (χ1n) is 6.82. The first kappa shape index (κ1) is 15.5. The molecule has 2 rings (SSSR count).